The average Bonchev–Trinajstić information content (AvgIpc) is 2.05. The van der Waals surface area contributed by atoms with Crippen LogP contribution in [0.2, 0.25) is 0 Å². The molecule has 0 saturated heterocycles. The molecule has 0 heterocycles. The van der Waals surface area contributed by atoms with E-state index in [0.717, 1.165) is 21.0 Å². The number of thiol groups is 5. The highest BCUT2D eigenvalue weighted by molar-refractivity contribution is 8.35. The lowest BCUT2D eigenvalue weighted by Crippen LogP contribution is -2.04. The van der Waals surface area contributed by atoms with Crippen LogP contribution in [0, 0.1) is 0 Å². The van der Waals surface area contributed by atoms with E-state index in [4.69, 9.17) is 0 Å². The zero-order valence-corrected chi connectivity index (χ0v) is 11.3. The van der Waals surface area contributed by atoms with E-state index in [-0.39, 0.29) is 10.9 Å². The normalized spacial score (nSPS) is 18.0. The van der Waals surface area contributed by atoms with E-state index in [9.17, 15) is 0 Å². The van der Waals surface area contributed by atoms with Gasteiger partial charge in [0.25, 0.3) is 0 Å². The van der Waals surface area contributed by atoms with Gasteiger partial charge in [0, 0.05) is 25.6 Å². The fourth-order valence-electron chi connectivity index (χ4n) is 0.495. The first-order valence-corrected chi connectivity index (χ1v) is 8.43. The Hall–Kier alpha value is 2.10. The van der Waals surface area contributed by atoms with Crippen molar-refractivity contribution in [2.24, 2.45) is 0 Å². The second kappa shape index (κ2) is 8.69. The minimum absolute atomic E-state index is 0.0596. The van der Waals surface area contributed by atoms with Gasteiger partial charge in [0.15, 0.2) is 0 Å². The fourth-order valence-corrected chi connectivity index (χ4v) is 7.18. The highest BCUT2D eigenvalue weighted by atomic mass is 32.3. The van der Waals surface area contributed by atoms with Crippen LogP contribution in [0.4, 0.5) is 0 Å². The smallest absolute Gasteiger partial charge is 0.0396 e. The number of thioether (sulfide) groups is 1. The van der Waals surface area contributed by atoms with Crippen molar-refractivity contribution < 1.29 is 0 Å². The van der Waals surface area contributed by atoms with Crippen molar-refractivity contribution in [1.82, 2.24) is 0 Å². The summed E-state index contributed by atoms with van der Waals surface area (Å²) < 4.78 is 0.429. The first kappa shape index (κ1) is 13.1. The summed E-state index contributed by atoms with van der Waals surface area (Å²) in [7, 11) is -0.0596. The van der Waals surface area contributed by atoms with Crippen LogP contribution in [0.25, 0.3) is 0 Å². The van der Waals surface area contributed by atoms with Gasteiger partial charge in [0.2, 0.25) is 0 Å². The lowest BCUT2D eigenvalue weighted by atomic mass is 10.9. The molecule has 6 heteroatoms. The van der Waals surface area contributed by atoms with Crippen LogP contribution in [0.3, 0.4) is 0 Å². The first-order chi connectivity index (χ1) is 5.26. The molecule has 0 bridgehead atoms. The Balaban J connectivity index is 3.56. The van der Waals surface area contributed by atoms with Crippen LogP contribution in [0.1, 0.15) is 0 Å². The molecule has 0 aliphatic heterocycles. The Morgan fingerprint density at radius 2 is 1.91 bits per heavy atom. The zero-order chi connectivity index (χ0) is 8.69. The van der Waals surface area contributed by atoms with Gasteiger partial charge in [-0.2, -0.15) is 50.5 Å². The fraction of sp³-hybridized carbons (Fsp3) is 1.00. The van der Waals surface area contributed by atoms with Crippen molar-refractivity contribution in [3.63, 3.8) is 0 Å². The highest BCUT2D eigenvalue weighted by Gasteiger charge is 2.09. The lowest BCUT2D eigenvalue weighted by molar-refractivity contribution is 1.46. The minimum atomic E-state index is -0.0596. The molecule has 0 amide bonds. The van der Waals surface area contributed by atoms with Crippen LogP contribution in [-0.2, 0) is 0 Å². The Morgan fingerprint density at radius 1 is 1.27 bits per heavy atom. The van der Waals surface area contributed by atoms with Crippen LogP contribution in [0.5, 0.6) is 0 Å². The van der Waals surface area contributed by atoms with Crippen molar-refractivity contribution in [1.29, 1.82) is 0 Å². The molecule has 0 aliphatic carbocycles. The lowest BCUT2D eigenvalue weighted by Gasteiger charge is -2.23. The Morgan fingerprint density at radius 3 is 2.27 bits per heavy atom. The van der Waals surface area contributed by atoms with Gasteiger partial charge >= 0.3 is 0 Å². The van der Waals surface area contributed by atoms with Gasteiger partial charge in [-0.15, -0.1) is 11.8 Å². The molecule has 2 atom stereocenters. The molecule has 0 radical (unpaired) electrons. The Bertz CT molecular complexity index is 87.0. The predicted octanol–water partition coefficient (Wildman–Crippen LogP) is 2.64. The molecule has 0 nitrogen and oxygen atoms in total. The van der Waals surface area contributed by atoms with Gasteiger partial charge in [-0.05, 0) is 0 Å². The SMILES string of the molecule is SCSC[SH](CS)C(S)CS. The molecule has 2 unspecified atom stereocenters. The molecule has 0 spiro atoms. The standard InChI is InChI=1S/C5H14S6/c6-1-5(9)11(3-8)4-10-2-7/h5-9,11H,1-4H2. The highest BCUT2D eigenvalue weighted by Crippen LogP contribution is 2.38. The molecule has 0 aromatic rings. The van der Waals surface area contributed by atoms with Crippen molar-refractivity contribution in [3.05, 3.63) is 0 Å². The second-order valence-corrected chi connectivity index (χ2v) is 8.66. The van der Waals surface area contributed by atoms with Crippen LogP contribution in [0.15, 0.2) is 0 Å². The molecule has 0 rings (SSSR count). The van der Waals surface area contributed by atoms with Gasteiger partial charge < -0.3 is 0 Å². The van der Waals surface area contributed by atoms with E-state index >= 15 is 0 Å². The Kier molecular flexibility index (Phi) is 10.3. The van der Waals surface area contributed by atoms with E-state index < -0.39 is 0 Å². The van der Waals surface area contributed by atoms with Gasteiger partial charge in [0.05, 0.1) is 0 Å². The maximum Gasteiger partial charge on any atom is 0.0396 e. The summed E-state index contributed by atoms with van der Waals surface area (Å²) in [6.45, 7) is 0. The maximum absolute atomic E-state index is 4.44. The number of rotatable bonds is 6. The first-order valence-electron chi connectivity index (χ1n) is 3.08. The Labute approximate surface area is 98.0 Å². The summed E-state index contributed by atoms with van der Waals surface area (Å²) in [6, 6.07) is 0. The van der Waals surface area contributed by atoms with Crippen molar-refractivity contribution in [2.75, 3.05) is 21.0 Å². The molecule has 0 aromatic carbocycles. The second-order valence-electron chi connectivity index (χ2n) is 1.86. The summed E-state index contributed by atoms with van der Waals surface area (Å²) in [6.07, 6.45) is 0. The molecule has 0 aromatic heterocycles. The third kappa shape index (κ3) is 6.21. The molecular formula is C5H14S6. The molecule has 70 valence electrons. The van der Waals surface area contributed by atoms with E-state index in [0.29, 0.717) is 4.58 Å². The zero-order valence-electron chi connectivity index (χ0n) is 6.05. The quantitative estimate of drug-likeness (QED) is 0.364. The van der Waals surface area contributed by atoms with E-state index in [1.165, 1.54) is 0 Å². The van der Waals surface area contributed by atoms with Gasteiger partial charge in [-0.3, -0.25) is 0 Å². The van der Waals surface area contributed by atoms with Crippen LogP contribution < -0.4 is 0 Å². The maximum atomic E-state index is 4.44. The summed E-state index contributed by atoms with van der Waals surface area (Å²) >= 11 is 18.9. The van der Waals surface area contributed by atoms with Crippen molar-refractivity contribution in [2.45, 2.75) is 4.58 Å². The van der Waals surface area contributed by atoms with Crippen LogP contribution in [-0.4, -0.2) is 25.6 Å². The van der Waals surface area contributed by atoms with E-state index in [2.05, 4.69) is 50.5 Å². The van der Waals surface area contributed by atoms with Gasteiger partial charge in [-0.1, -0.05) is 0 Å². The van der Waals surface area contributed by atoms with Crippen molar-refractivity contribution >= 4 is 73.2 Å². The molecule has 0 saturated carbocycles. The predicted molar refractivity (Wildman–Crippen MR) is 75.8 cm³/mol. The summed E-state index contributed by atoms with van der Waals surface area (Å²) in [5.74, 6) is 0.850. The minimum Gasteiger partial charge on any atom is -0.223 e. The van der Waals surface area contributed by atoms with E-state index in [1.807, 2.05) is 11.8 Å². The van der Waals surface area contributed by atoms with Crippen molar-refractivity contribution in [3.8, 4) is 0 Å². The molecule has 0 aliphatic rings. The summed E-state index contributed by atoms with van der Waals surface area (Å²) in [5.41, 5.74) is 0. The third-order valence-corrected chi connectivity index (χ3v) is 8.48. The number of hydrogen-bond donors (Lipinski definition) is 5. The molecular weight excluding hydrogens is 252 g/mol. The largest absolute Gasteiger partial charge is 0.223 e. The molecule has 11 heavy (non-hydrogen) atoms. The van der Waals surface area contributed by atoms with E-state index in [1.54, 1.807) is 0 Å². The summed E-state index contributed by atoms with van der Waals surface area (Å²) in [4.78, 5) is 0. The molecule has 0 fully saturated rings. The van der Waals surface area contributed by atoms with Gasteiger partial charge in [0.1, 0.15) is 0 Å². The van der Waals surface area contributed by atoms with Gasteiger partial charge in [-0.25, -0.2) is 10.9 Å². The summed E-state index contributed by atoms with van der Waals surface area (Å²) in [5, 5.41) is 2.99. The van der Waals surface area contributed by atoms with Crippen LogP contribution >= 0.6 is 73.2 Å². The number of hydrogen-bond acceptors (Lipinski definition) is 5. The third-order valence-electron chi connectivity index (χ3n) is 1.11. The average molecular weight is 267 g/mol. The molecule has 0 N–H and O–H groups in total. The topological polar surface area (TPSA) is 0 Å². The monoisotopic (exact) mass is 266 g/mol.